The first kappa shape index (κ1) is 11.1. The van der Waals surface area contributed by atoms with E-state index >= 15 is 0 Å². The van der Waals surface area contributed by atoms with Crippen LogP contribution in [0.3, 0.4) is 0 Å². The zero-order valence-corrected chi connectivity index (χ0v) is 8.87. The van der Waals surface area contributed by atoms with E-state index in [1.165, 1.54) is 12.1 Å². The summed E-state index contributed by atoms with van der Waals surface area (Å²) >= 11 is 0. The number of hydrogen-bond acceptors (Lipinski definition) is 3. The van der Waals surface area contributed by atoms with Gasteiger partial charge in [0, 0.05) is 17.2 Å². The molecule has 0 fully saturated rings. The fourth-order valence-corrected chi connectivity index (χ4v) is 1.67. The largest absolute Gasteiger partial charge is 0.486 e. The van der Waals surface area contributed by atoms with Gasteiger partial charge in [0.15, 0.2) is 11.5 Å². The highest BCUT2D eigenvalue weighted by molar-refractivity contribution is 5.51. The van der Waals surface area contributed by atoms with Crippen LogP contribution in [-0.4, -0.2) is 13.2 Å². The molecule has 0 saturated heterocycles. The Bertz CT molecular complexity index is 394. The van der Waals surface area contributed by atoms with Crippen molar-refractivity contribution in [3.63, 3.8) is 0 Å². The van der Waals surface area contributed by atoms with Gasteiger partial charge in [-0.1, -0.05) is 0 Å². The van der Waals surface area contributed by atoms with Gasteiger partial charge in [0.05, 0.1) is 0 Å². The molecule has 1 aromatic carbocycles. The van der Waals surface area contributed by atoms with Crippen LogP contribution in [0.25, 0.3) is 0 Å². The molecule has 0 spiro atoms. The smallest absolute Gasteiger partial charge is 0.263 e. The van der Waals surface area contributed by atoms with E-state index in [0.29, 0.717) is 30.3 Å². The number of hydrogen-bond donors (Lipinski definition) is 1. The molecule has 1 heterocycles. The molecule has 1 aromatic rings. The molecule has 3 nitrogen and oxygen atoms in total. The predicted octanol–water partition coefficient (Wildman–Crippen LogP) is 2.42. The van der Waals surface area contributed by atoms with Crippen molar-refractivity contribution in [3.05, 3.63) is 23.3 Å². The molecule has 0 amide bonds. The molecule has 2 N–H and O–H groups in total. The Morgan fingerprint density at radius 3 is 2.56 bits per heavy atom. The Balaban J connectivity index is 2.52. The van der Waals surface area contributed by atoms with Crippen molar-refractivity contribution in [3.8, 4) is 11.5 Å². The summed E-state index contributed by atoms with van der Waals surface area (Å²) in [4.78, 5) is 0. The highest BCUT2D eigenvalue weighted by Crippen LogP contribution is 2.39. The normalized spacial score (nSPS) is 16.3. The van der Waals surface area contributed by atoms with Gasteiger partial charge in [-0.05, 0) is 19.1 Å². The van der Waals surface area contributed by atoms with Gasteiger partial charge in [-0.25, -0.2) is 8.78 Å². The summed E-state index contributed by atoms with van der Waals surface area (Å²) in [5, 5.41) is 0. The summed E-state index contributed by atoms with van der Waals surface area (Å²) in [6, 6.07) is 2.32. The minimum atomic E-state index is -2.53. The number of fused-ring (bicyclic) bond motifs is 1. The van der Waals surface area contributed by atoms with Crippen LogP contribution < -0.4 is 15.2 Å². The predicted molar refractivity (Wildman–Crippen MR) is 55.0 cm³/mol. The molecule has 0 aliphatic carbocycles. The quantitative estimate of drug-likeness (QED) is 0.847. The van der Waals surface area contributed by atoms with Crippen LogP contribution in [0.15, 0.2) is 12.1 Å². The van der Waals surface area contributed by atoms with Gasteiger partial charge in [-0.3, -0.25) is 0 Å². The van der Waals surface area contributed by atoms with E-state index in [1.807, 2.05) is 0 Å². The van der Waals surface area contributed by atoms with Gasteiger partial charge < -0.3 is 15.2 Å². The molecular formula is C11H13F2NO2. The van der Waals surface area contributed by atoms with Crippen LogP contribution in [0.1, 0.15) is 30.5 Å². The van der Waals surface area contributed by atoms with E-state index in [4.69, 9.17) is 15.2 Å². The molecule has 88 valence electrons. The highest BCUT2D eigenvalue weighted by atomic mass is 19.3. The molecule has 16 heavy (non-hydrogen) atoms. The van der Waals surface area contributed by atoms with Gasteiger partial charge in [-0.2, -0.15) is 0 Å². The third-order valence-corrected chi connectivity index (χ3v) is 2.44. The van der Waals surface area contributed by atoms with Crippen LogP contribution in [-0.2, 0) is 0 Å². The van der Waals surface area contributed by atoms with E-state index < -0.39 is 6.43 Å². The first-order valence-electron chi connectivity index (χ1n) is 5.06. The molecule has 2 rings (SSSR count). The fourth-order valence-electron chi connectivity index (χ4n) is 1.67. The second-order valence-electron chi connectivity index (χ2n) is 3.72. The zero-order chi connectivity index (χ0) is 11.7. The molecule has 0 radical (unpaired) electrons. The Hall–Kier alpha value is -1.36. The van der Waals surface area contributed by atoms with E-state index in [0.717, 1.165) is 0 Å². The van der Waals surface area contributed by atoms with Crippen molar-refractivity contribution in [1.29, 1.82) is 0 Å². The SMILES string of the molecule is CC(N)c1cc(C(F)F)cc2c1OCCO2. The lowest BCUT2D eigenvalue weighted by molar-refractivity contribution is 0.146. The van der Waals surface area contributed by atoms with E-state index in [1.54, 1.807) is 6.92 Å². The maximum atomic E-state index is 12.6. The average molecular weight is 229 g/mol. The number of halogens is 2. The van der Waals surface area contributed by atoms with E-state index in [9.17, 15) is 8.78 Å². The van der Waals surface area contributed by atoms with E-state index in [2.05, 4.69) is 0 Å². The lowest BCUT2D eigenvalue weighted by Crippen LogP contribution is -2.19. The van der Waals surface area contributed by atoms with Crippen molar-refractivity contribution in [2.24, 2.45) is 5.73 Å². The molecule has 1 atom stereocenters. The second kappa shape index (κ2) is 4.25. The molecular weight excluding hydrogens is 216 g/mol. The van der Waals surface area contributed by atoms with Crippen molar-refractivity contribution in [2.75, 3.05) is 13.2 Å². The number of ether oxygens (including phenoxy) is 2. The third-order valence-electron chi connectivity index (χ3n) is 2.44. The number of benzene rings is 1. The summed E-state index contributed by atoms with van der Waals surface area (Å²) in [5.74, 6) is 0.849. The maximum Gasteiger partial charge on any atom is 0.263 e. The van der Waals surface area contributed by atoms with Crippen LogP contribution in [0.4, 0.5) is 8.78 Å². The minimum absolute atomic E-state index is 0.0865. The first-order chi connectivity index (χ1) is 7.59. The molecule has 0 saturated carbocycles. The van der Waals surface area contributed by atoms with Crippen molar-refractivity contribution >= 4 is 0 Å². The van der Waals surface area contributed by atoms with E-state index in [-0.39, 0.29) is 11.6 Å². The number of alkyl halides is 2. The highest BCUT2D eigenvalue weighted by Gasteiger charge is 2.22. The van der Waals surface area contributed by atoms with Crippen molar-refractivity contribution in [1.82, 2.24) is 0 Å². The lowest BCUT2D eigenvalue weighted by atomic mass is 10.0. The molecule has 1 aliphatic rings. The average Bonchev–Trinajstić information content (AvgIpc) is 2.27. The van der Waals surface area contributed by atoms with Crippen LogP contribution in [0.2, 0.25) is 0 Å². The fraction of sp³-hybridized carbons (Fsp3) is 0.455. The molecule has 5 heteroatoms. The zero-order valence-electron chi connectivity index (χ0n) is 8.87. The van der Waals surface area contributed by atoms with Crippen LogP contribution in [0, 0.1) is 0 Å². The second-order valence-corrected chi connectivity index (χ2v) is 3.72. The Labute approximate surface area is 92.1 Å². The van der Waals surface area contributed by atoms with Gasteiger partial charge in [-0.15, -0.1) is 0 Å². The Kier molecular flexibility index (Phi) is 2.96. The lowest BCUT2D eigenvalue weighted by Gasteiger charge is -2.23. The Morgan fingerprint density at radius 2 is 1.94 bits per heavy atom. The molecule has 0 bridgehead atoms. The van der Waals surface area contributed by atoms with Gasteiger partial charge in [0.25, 0.3) is 6.43 Å². The molecule has 0 aromatic heterocycles. The number of rotatable bonds is 2. The summed E-state index contributed by atoms with van der Waals surface area (Å²) in [6.45, 7) is 2.52. The van der Waals surface area contributed by atoms with Gasteiger partial charge >= 0.3 is 0 Å². The molecule has 1 aliphatic heterocycles. The van der Waals surface area contributed by atoms with Gasteiger partial charge in [0.2, 0.25) is 0 Å². The maximum absolute atomic E-state index is 12.6. The first-order valence-corrected chi connectivity index (χ1v) is 5.06. The monoisotopic (exact) mass is 229 g/mol. The third kappa shape index (κ3) is 1.95. The summed E-state index contributed by atoms with van der Waals surface area (Å²) in [6.07, 6.45) is -2.53. The minimum Gasteiger partial charge on any atom is -0.486 e. The number of nitrogens with two attached hydrogens (primary N) is 1. The molecule has 1 unspecified atom stereocenters. The topological polar surface area (TPSA) is 44.5 Å². The van der Waals surface area contributed by atoms with Crippen LogP contribution >= 0.6 is 0 Å². The van der Waals surface area contributed by atoms with Crippen molar-refractivity contribution < 1.29 is 18.3 Å². The standard InChI is InChI=1S/C11H13F2NO2/c1-6(14)8-4-7(11(12)13)5-9-10(8)16-3-2-15-9/h4-6,11H,2-3,14H2,1H3. The van der Waals surface area contributed by atoms with Crippen molar-refractivity contribution in [2.45, 2.75) is 19.4 Å². The summed E-state index contributed by atoms with van der Waals surface area (Å²) < 4.78 is 36.0. The van der Waals surface area contributed by atoms with Gasteiger partial charge in [0.1, 0.15) is 13.2 Å². The summed E-state index contributed by atoms with van der Waals surface area (Å²) in [7, 11) is 0. The summed E-state index contributed by atoms with van der Waals surface area (Å²) in [5.41, 5.74) is 6.20. The Morgan fingerprint density at radius 1 is 1.25 bits per heavy atom. The van der Waals surface area contributed by atoms with Crippen LogP contribution in [0.5, 0.6) is 11.5 Å².